The minimum absolute atomic E-state index is 0.234. The van der Waals surface area contributed by atoms with E-state index in [1.807, 2.05) is 18.2 Å². The number of carbonyl (C=O) groups excluding carboxylic acids is 1. The predicted octanol–water partition coefficient (Wildman–Crippen LogP) is 8.83. The highest BCUT2D eigenvalue weighted by atomic mass is 32.2. The van der Waals surface area contributed by atoms with Gasteiger partial charge in [-0.3, -0.25) is 4.79 Å². The largest absolute Gasteiger partial charge is 0.508 e. The second-order valence-corrected chi connectivity index (χ2v) is 12.0. The second-order valence-electron chi connectivity index (χ2n) is 10.8. The molecule has 0 spiro atoms. The molecule has 1 aliphatic carbocycles. The topological polar surface area (TPSA) is 45.5 Å². The third-order valence-electron chi connectivity index (χ3n) is 8.11. The molecule has 0 saturated heterocycles. The van der Waals surface area contributed by atoms with Gasteiger partial charge < -0.3 is 14.6 Å². The van der Waals surface area contributed by atoms with Crippen molar-refractivity contribution in [1.29, 1.82) is 0 Å². The minimum atomic E-state index is 0.234. The Morgan fingerprint density at radius 3 is 2.33 bits per heavy atom. The molecule has 1 saturated carbocycles. The molecule has 39 heavy (non-hydrogen) atoms. The Labute approximate surface area is 237 Å². The monoisotopic (exact) mass is 540 g/mol. The van der Waals surface area contributed by atoms with E-state index in [0.29, 0.717) is 11.8 Å². The predicted molar refractivity (Wildman–Crippen MR) is 162 cm³/mol. The Balaban J connectivity index is 1.27. The summed E-state index contributed by atoms with van der Waals surface area (Å²) in [6.07, 6.45) is 9.29. The van der Waals surface area contributed by atoms with E-state index in [1.165, 1.54) is 57.8 Å². The Bertz CT molecular complexity index is 1390. The van der Waals surface area contributed by atoms with E-state index >= 15 is 0 Å². The maximum absolute atomic E-state index is 12.2. The first-order valence-electron chi connectivity index (χ1n) is 14.4. The number of phenolic OH excluding ortho intramolecular Hbond substituents is 1. The van der Waals surface area contributed by atoms with Crippen LogP contribution in [0.5, 0.6) is 5.75 Å². The standard InChI is InChI=1S/C34H40N2O2S/c1-25-32-24-29(38)18-21-33(32)36(23-11-4-3-10-22-35(26(2)37)28-12-8-9-13-28)34(25)27-16-19-31(20-17-27)39-30-14-6-5-7-15-30/h5-7,14-21,24,28,38H,3-4,8-13,22-23H2,1-2H3. The number of aryl methyl sites for hydroxylation is 2. The number of hydrogen-bond donors (Lipinski definition) is 1. The number of amides is 1. The summed E-state index contributed by atoms with van der Waals surface area (Å²) >= 11 is 1.78. The SMILES string of the molecule is CC(=O)N(CCCCCCn1c(-c2ccc(Sc3ccccc3)cc2)c(C)c2cc(O)ccc21)C1CCCC1. The summed E-state index contributed by atoms with van der Waals surface area (Å²) in [5, 5.41) is 11.3. The van der Waals surface area contributed by atoms with Crippen molar-refractivity contribution in [3.05, 3.63) is 78.4 Å². The molecule has 0 radical (unpaired) electrons. The number of hydrogen-bond acceptors (Lipinski definition) is 3. The molecule has 1 aliphatic rings. The summed E-state index contributed by atoms with van der Waals surface area (Å²) in [6, 6.07) is 25.5. The van der Waals surface area contributed by atoms with Crippen molar-refractivity contribution < 1.29 is 9.90 Å². The number of phenols is 1. The Kier molecular flexibility index (Phi) is 8.98. The summed E-state index contributed by atoms with van der Waals surface area (Å²) in [5.74, 6) is 0.540. The molecule has 204 valence electrons. The van der Waals surface area contributed by atoms with Crippen molar-refractivity contribution in [2.45, 2.75) is 87.6 Å². The van der Waals surface area contributed by atoms with Gasteiger partial charge in [-0.25, -0.2) is 0 Å². The quantitative estimate of drug-likeness (QED) is 0.193. The van der Waals surface area contributed by atoms with Crippen LogP contribution in [0.2, 0.25) is 0 Å². The van der Waals surface area contributed by atoms with Gasteiger partial charge in [0.05, 0.1) is 5.69 Å². The van der Waals surface area contributed by atoms with E-state index in [2.05, 4.69) is 64.9 Å². The van der Waals surface area contributed by atoms with Crippen LogP contribution in [0, 0.1) is 6.92 Å². The molecular formula is C34H40N2O2S. The summed E-state index contributed by atoms with van der Waals surface area (Å²) in [7, 11) is 0. The van der Waals surface area contributed by atoms with Crippen LogP contribution in [0.15, 0.2) is 82.6 Å². The van der Waals surface area contributed by atoms with E-state index in [1.54, 1.807) is 24.8 Å². The zero-order valence-electron chi connectivity index (χ0n) is 23.2. The van der Waals surface area contributed by atoms with E-state index < -0.39 is 0 Å². The summed E-state index contributed by atoms with van der Waals surface area (Å²) < 4.78 is 2.43. The third-order valence-corrected chi connectivity index (χ3v) is 9.12. The molecule has 0 bridgehead atoms. The average molecular weight is 541 g/mol. The first-order chi connectivity index (χ1) is 19.0. The molecule has 0 unspecified atom stereocenters. The highest BCUT2D eigenvalue weighted by Gasteiger charge is 2.24. The summed E-state index contributed by atoms with van der Waals surface area (Å²) in [5.41, 5.74) is 4.81. The maximum atomic E-state index is 12.2. The zero-order valence-corrected chi connectivity index (χ0v) is 24.1. The van der Waals surface area contributed by atoms with E-state index in [0.717, 1.165) is 44.2 Å². The van der Waals surface area contributed by atoms with Gasteiger partial charge in [-0.05, 0) is 86.2 Å². The fraction of sp³-hybridized carbons (Fsp3) is 0.382. The fourth-order valence-electron chi connectivity index (χ4n) is 6.14. The zero-order chi connectivity index (χ0) is 27.2. The number of aromatic hydroxyl groups is 1. The van der Waals surface area contributed by atoms with E-state index in [-0.39, 0.29) is 5.91 Å². The smallest absolute Gasteiger partial charge is 0.219 e. The molecule has 1 aromatic heterocycles. The number of carbonyl (C=O) groups is 1. The van der Waals surface area contributed by atoms with Crippen LogP contribution < -0.4 is 0 Å². The van der Waals surface area contributed by atoms with Gasteiger partial charge in [-0.2, -0.15) is 0 Å². The lowest BCUT2D eigenvalue weighted by atomic mass is 10.1. The van der Waals surface area contributed by atoms with Crippen LogP contribution in [0.1, 0.15) is 63.9 Å². The molecule has 1 fully saturated rings. The normalized spacial score (nSPS) is 13.8. The molecular weight excluding hydrogens is 500 g/mol. The molecule has 5 rings (SSSR count). The number of aromatic nitrogens is 1. The van der Waals surface area contributed by atoms with Crippen LogP contribution in [0.25, 0.3) is 22.2 Å². The van der Waals surface area contributed by atoms with Gasteiger partial charge in [0.2, 0.25) is 5.91 Å². The van der Waals surface area contributed by atoms with Crippen LogP contribution in [-0.4, -0.2) is 33.1 Å². The number of unbranched alkanes of at least 4 members (excludes halogenated alkanes) is 3. The first-order valence-corrected chi connectivity index (χ1v) is 15.3. The number of fused-ring (bicyclic) bond motifs is 1. The van der Waals surface area contributed by atoms with Crippen molar-refractivity contribution in [3.63, 3.8) is 0 Å². The molecule has 1 amide bonds. The molecule has 4 aromatic rings. The lowest BCUT2D eigenvalue weighted by Crippen LogP contribution is -2.37. The van der Waals surface area contributed by atoms with E-state index in [9.17, 15) is 9.90 Å². The Morgan fingerprint density at radius 1 is 0.923 bits per heavy atom. The fourth-order valence-corrected chi connectivity index (χ4v) is 6.98. The van der Waals surface area contributed by atoms with Crippen molar-refractivity contribution in [2.24, 2.45) is 0 Å². The number of benzene rings is 3. The van der Waals surface area contributed by atoms with Crippen molar-refractivity contribution >= 4 is 28.6 Å². The van der Waals surface area contributed by atoms with Gasteiger partial charge >= 0.3 is 0 Å². The molecule has 3 aromatic carbocycles. The van der Waals surface area contributed by atoms with Crippen LogP contribution >= 0.6 is 11.8 Å². The van der Waals surface area contributed by atoms with Crippen LogP contribution in [-0.2, 0) is 11.3 Å². The minimum Gasteiger partial charge on any atom is -0.508 e. The van der Waals surface area contributed by atoms with Gasteiger partial charge in [0.25, 0.3) is 0 Å². The maximum Gasteiger partial charge on any atom is 0.219 e. The number of nitrogens with zero attached hydrogens (tertiary/aromatic N) is 2. The highest BCUT2D eigenvalue weighted by Crippen LogP contribution is 2.37. The van der Waals surface area contributed by atoms with Crippen molar-refractivity contribution in [2.75, 3.05) is 6.54 Å². The molecule has 5 heteroatoms. The number of rotatable bonds is 11. The summed E-state index contributed by atoms with van der Waals surface area (Å²) in [6.45, 7) is 5.72. The van der Waals surface area contributed by atoms with Crippen LogP contribution in [0.4, 0.5) is 0 Å². The Hall–Kier alpha value is -3.18. The van der Waals surface area contributed by atoms with Gasteiger partial charge in [0, 0.05) is 46.7 Å². The Morgan fingerprint density at radius 2 is 1.62 bits per heavy atom. The lowest BCUT2D eigenvalue weighted by molar-refractivity contribution is -0.131. The van der Waals surface area contributed by atoms with Crippen molar-refractivity contribution in [3.8, 4) is 17.0 Å². The third kappa shape index (κ3) is 6.52. The second kappa shape index (κ2) is 12.8. The van der Waals surface area contributed by atoms with Gasteiger partial charge in [-0.1, -0.05) is 67.8 Å². The van der Waals surface area contributed by atoms with Crippen molar-refractivity contribution in [1.82, 2.24) is 9.47 Å². The van der Waals surface area contributed by atoms with Gasteiger partial charge in [0.15, 0.2) is 0 Å². The molecule has 1 heterocycles. The highest BCUT2D eigenvalue weighted by molar-refractivity contribution is 7.99. The molecule has 0 atom stereocenters. The molecule has 4 nitrogen and oxygen atoms in total. The first kappa shape index (κ1) is 27.4. The van der Waals surface area contributed by atoms with Crippen LogP contribution in [0.3, 0.4) is 0 Å². The average Bonchev–Trinajstić information content (AvgIpc) is 3.56. The van der Waals surface area contributed by atoms with E-state index in [4.69, 9.17) is 0 Å². The van der Waals surface area contributed by atoms with Gasteiger partial charge in [0.1, 0.15) is 5.75 Å². The van der Waals surface area contributed by atoms with Gasteiger partial charge in [-0.15, -0.1) is 0 Å². The molecule has 1 N–H and O–H groups in total. The summed E-state index contributed by atoms with van der Waals surface area (Å²) in [4.78, 5) is 16.8. The lowest BCUT2D eigenvalue weighted by Gasteiger charge is -2.27. The molecule has 0 aliphatic heterocycles.